The van der Waals surface area contributed by atoms with E-state index in [1.54, 1.807) is 13.1 Å². The topological polar surface area (TPSA) is 61.9 Å². The molecule has 0 bridgehead atoms. The number of nitrogens with two attached hydrogens (primary N) is 1. The quantitative estimate of drug-likeness (QED) is 0.566. The van der Waals surface area contributed by atoms with Gasteiger partial charge in [0.05, 0.1) is 10.6 Å². The maximum atomic E-state index is 7.35. The number of amidine groups is 1. The Hall–Kier alpha value is -0.740. The maximum Gasteiger partial charge on any atom is 0.126 e. The van der Waals surface area contributed by atoms with Crippen molar-refractivity contribution in [3.05, 3.63) is 27.2 Å². The van der Waals surface area contributed by atoms with Gasteiger partial charge < -0.3 is 11.1 Å². The Morgan fingerprint density at radius 2 is 2.23 bits per heavy atom. The van der Waals surface area contributed by atoms with Crippen LogP contribution in [0.4, 0.5) is 5.69 Å². The first-order chi connectivity index (χ1) is 6.07. The minimum Gasteiger partial charge on any atom is -0.387 e. The van der Waals surface area contributed by atoms with Crippen molar-refractivity contribution in [1.29, 1.82) is 5.41 Å². The zero-order chi connectivity index (χ0) is 10.0. The second kappa shape index (κ2) is 3.98. The fourth-order valence-corrected chi connectivity index (χ4v) is 1.62. The average molecular weight is 263 g/mol. The van der Waals surface area contributed by atoms with Gasteiger partial charge in [-0.15, -0.1) is 0 Å². The van der Waals surface area contributed by atoms with Crippen molar-refractivity contribution in [2.24, 2.45) is 5.73 Å². The van der Waals surface area contributed by atoms with Gasteiger partial charge in [0.15, 0.2) is 0 Å². The Morgan fingerprint density at radius 3 is 2.69 bits per heavy atom. The van der Waals surface area contributed by atoms with Crippen LogP contribution in [-0.2, 0) is 0 Å². The number of hydrogen-bond acceptors (Lipinski definition) is 2. The van der Waals surface area contributed by atoms with Crippen LogP contribution in [-0.4, -0.2) is 12.9 Å². The lowest BCUT2D eigenvalue weighted by Gasteiger charge is -2.10. The summed E-state index contributed by atoms with van der Waals surface area (Å²) in [4.78, 5) is 0. The standard InChI is InChI=1S/C8H9BrClN3/c1-13-5-3-2-4(9)7(10)6(5)8(11)12/h2-3,13H,1H3,(H3,11,12). The van der Waals surface area contributed by atoms with E-state index in [0.717, 1.165) is 10.2 Å². The summed E-state index contributed by atoms with van der Waals surface area (Å²) in [6, 6.07) is 3.62. The highest BCUT2D eigenvalue weighted by molar-refractivity contribution is 9.10. The van der Waals surface area contributed by atoms with Crippen LogP contribution < -0.4 is 11.1 Å². The van der Waals surface area contributed by atoms with E-state index in [4.69, 9.17) is 22.7 Å². The molecule has 1 rings (SSSR count). The van der Waals surface area contributed by atoms with Gasteiger partial charge in [0.25, 0.3) is 0 Å². The highest BCUT2D eigenvalue weighted by atomic mass is 79.9. The predicted octanol–water partition coefficient (Wildman–Crippen LogP) is 2.43. The van der Waals surface area contributed by atoms with Crippen LogP contribution in [0.2, 0.25) is 5.02 Å². The van der Waals surface area contributed by atoms with Crippen LogP contribution in [0.15, 0.2) is 16.6 Å². The highest BCUT2D eigenvalue weighted by Crippen LogP contribution is 2.31. The molecule has 0 heterocycles. The summed E-state index contributed by atoms with van der Waals surface area (Å²) in [6.07, 6.45) is 0. The number of benzene rings is 1. The van der Waals surface area contributed by atoms with Gasteiger partial charge in [0.1, 0.15) is 5.84 Å². The lowest BCUT2D eigenvalue weighted by atomic mass is 10.1. The number of halogens is 2. The lowest BCUT2D eigenvalue weighted by molar-refractivity contribution is 1.39. The Bertz CT molecular complexity index is 351. The van der Waals surface area contributed by atoms with Crippen molar-refractivity contribution >= 4 is 39.1 Å². The van der Waals surface area contributed by atoms with E-state index < -0.39 is 0 Å². The molecule has 1 aromatic rings. The molecule has 0 aliphatic carbocycles. The van der Waals surface area contributed by atoms with Gasteiger partial charge in [-0.3, -0.25) is 5.41 Å². The van der Waals surface area contributed by atoms with Gasteiger partial charge in [0.2, 0.25) is 0 Å². The number of anilines is 1. The summed E-state index contributed by atoms with van der Waals surface area (Å²) in [5.41, 5.74) is 6.67. The normalized spacial score (nSPS) is 9.77. The van der Waals surface area contributed by atoms with Gasteiger partial charge in [-0.1, -0.05) is 11.6 Å². The second-order valence-corrected chi connectivity index (χ2v) is 3.68. The van der Waals surface area contributed by atoms with Crippen LogP contribution in [0, 0.1) is 5.41 Å². The molecule has 0 unspecified atom stereocenters. The predicted molar refractivity (Wildman–Crippen MR) is 59.7 cm³/mol. The van der Waals surface area contributed by atoms with Gasteiger partial charge in [-0.05, 0) is 28.1 Å². The molecule has 0 aliphatic rings. The Labute approximate surface area is 89.9 Å². The maximum absolute atomic E-state index is 7.35. The van der Waals surface area contributed by atoms with Crippen molar-refractivity contribution in [2.75, 3.05) is 12.4 Å². The summed E-state index contributed by atoms with van der Waals surface area (Å²) in [5, 5.41) is 10.7. The zero-order valence-corrected chi connectivity index (χ0v) is 9.33. The fraction of sp³-hybridized carbons (Fsp3) is 0.125. The van der Waals surface area contributed by atoms with Crippen molar-refractivity contribution in [2.45, 2.75) is 0 Å². The van der Waals surface area contributed by atoms with E-state index in [1.807, 2.05) is 6.07 Å². The molecule has 70 valence electrons. The lowest BCUT2D eigenvalue weighted by Crippen LogP contribution is -2.14. The highest BCUT2D eigenvalue weighted by Gasteiger charge is 2.11. The number of hydrogen-bond donors (Lipinski definition) is 3. The van der Waals surface area contributed by atoms with E-state index in [1.165, 1.54) is 0 Å². The first-order valence-corrected chi connectivity index (χ1v) is 4.75. The van der Waals surface area contributed by atoms with Gasteiger partial charge in [-0.2, -0.15) is 0 Å². The zero-order valence-electron chi connectivity index (χ0n) is 6.99. The van der Waals surface area contributed by atoms with Crippen molar-refractivity contribution in [3.63, 3.8) is 0 Å². The molecule has 0 saturated heterocycles. The van der Waals surface area contributed by atoms with Crippen LogP contribution in [0.5, 0.6) is 0 Å². The molecule has 4 N–H and O–H groups in total. The van der Waals surface area contributed by atoms with E-state index in [2.05, 4.69) is 21.2 Å². The molecule has 0 aromatic heterocycles. The Kier molecular flexibility index (Phi) is 3.17. The largest absolute Gasteiger partial charge is 0.387 e. The molecule has 0 saturated carbocycles. The first-order valence-electron chi connectivity index (χ1n) is 3.58. The van der Waals surface area contributed by atoms with Gasteiger partial charge >= 0.3 is 0 Å². The number of rotatable bonds is 2. The third-order valence-electron chi connectivity index (χ3n) is 1.63. The molecule has 0 amide bonds. The van der Waals surface area contributed by atoms with Gasteiger partial charge in [-0.25, -0.2) is 0 Å². The monoisotopic (exact) mass is 261 g/mol. The minimum atomic E-state index is -0.0457. The van der Waals surface area contributed by atoms with E-state index in [-0.39, 0.29) is 5.84 Å². The molecule has 0 aliphatic heterocycles. The molecule has 1 aromatic carbocycles. The molecule has 0 fully saturated rings. The molecule has 0 atom stereocenters. The summed E-state index contributed by atoms with van der Waals surface area (Å²) >= 11 is 9.23. The summed E-state index contributed by atoms with van der Waals surface area (Å²) in [5.74, 6) is -0.0457. The van der Waals surface area contributed by atoms with Crippen molar-refractivity contribution < 1.29 is 0 Å². The third-order valence-corrected chi connectivity index (χ3v) is 2.92. The van der Waals surface area contributed by atoms with E-state index in [9.17, 15) is 0 Å². The molecule has 5 heteroatoms. The Balaban J connectivity index is 3.41. The number of nitrogens with one attached hydrogen (secondary N) is 2. The molecule has 13 heavy (non-hydrogen) atoms. The van der Waals surface area contributed by atoms with Crippen molar-refractivity contribution in [3.8, 4) is 0 Å². The van der Waals surface area contributed by atoms with Crippen molar-refractivity contribution in [1.82, 2.24) is 0 Å². The van der Waals surface area contributed by atoms with Crippen LogP contribution in [0.25, 0.3) is 0 Å². The SMILES string of the molecule is CNc1ccc(Br)c(Cl)c1C(=N)N. The van der Waals surface area contributed by atoms with Crippen LogP contribution >= 0.6 is 27.5 Å². The number of nitrogen functional groups attached to an aromatic ring is 1. The summed E-state index contributed by atoms with van der Waals surface area (Å²) in [6.45, 7) is 0. The first kappa shape index (κ1) is 10.3. The Morgan fingerprint density at radius 1 is 1.62 bits per heavy atom. The smallest absolute Gasteiger partial charge is 0.126 e. The summed E-state index contributed by atoms with van der Waals surface area (Å²) in [7, 11) is 1.76. The van der Waals surface area contributed by atoms with Crippen LogP contribution in [0.1, 0.15) is 5.56 Å². The molecule has 0 spiro atoms. The van der Waals surface area contributed by atoms with E-state index >= 15 is 0 Å². The van der Waals surface area contributed by atoms with Crippen LogP contribution in [0.3, 0.4) is 0 Å². The molecular formula is C8H9BrClN3. The molecule has 3 nitrogen and oxygen atoms in total. The van der Waals surface area contributed by atoms with E-state index in [0.29, 0.717) is 10.6 Å². The molecular weight excluding hydrogens is 253 g/mol. The second-order valence-electron chi connectivity index (χ2n) is 2.45. The summed E-state index contributed by atoms with van der Waals surface area (Å²) < 4.78 is 0.735. The van der Waals surface area contributed by atoms with Gasteiger partial charge in [0, 0.05) is 17.2 Å². The molecule has 0 radical (unpaired) electrons. The fourth-order valence-electron chi connectivity index (χ4n) is 1.02. The minimum absolute atomic E-state index is 0.0457. The average Bonchev–Trinajstić information content (AvgIpc) is 2.08. The third kappa shape index (κ3) is 1.95.